The van der Waals surface area contributed by atoms with Crippen LogP contribution in [0.1, 0.15) is 38.6 Å². The molecule has 5 heteroatoms. The second kappa shape index (κ2) is 5.40. The number of hydrogen-bond donors (Lipinski definition) is 1. The molecular formula is C12H19N3S2. The average molecular weight is 269 g/mol. The normalized spacial score (nSPS) is 21.1. The SMILES string of the molecule is CCC1CCSC(NC(C)(C)c2nccs2)=N1. The van der Waals surface area contributed by atoms with Crippen LogP contribution >= 0.6 is 23.1 Å². The molecule has 2 rings (SSSR count). The molecule has 1 atom stereocenters. The first-order valence-electron chi connectivity index (χ1n) is 6.00. The van der Waals surface area contributed by atoms with Crippen molar-refractivity contribution >= 4 is 28.3 Å². The lowest BCUT2D eigenvalue weighted by Crippen LogP contribution is -2.41. The van der Waals surface area contributed by atoms with E-state index in [1.54, 1.807) is 11.3 Å². The summed E-state index contributed by atoms with van der Waals surface area (Å²) in [7, 11) is 0. The molecule has 94 valence electrons. The van der Waals surface area contributed by atoms with Gasteiger partial charge in [0.25, 0.3) is 0 Å². The maximum atomic E-state index is 4.74. The Kier molecular flexibility index (Phi) is 4.09. The molecule has 2 heterocycles. The number of nitrogens with one attached hydrogen (secondary N) is 1. The molecule has 1 N–H and O–H groups in total. The number of hydrogen-bond acceptors (Lipinski definition) is 5. The van der Waals surface area contributed by atoms with E-state index in [9.17, 15) is 0 Å². The van der Waals surface area contributed by atoms with Crippen molar-refractivity contribution in [2.45, 2.75) is 45.2 Å². The number of rotatable bonds is 3. The van der Waals surface area contributed by atoms with Crippen molar-refractivity contribution in [2.24, 2.45) is 4.99 Å². The Morgan fingerprint density at radius 3 is 3.00 bits per heavy atom. The molecule has 0 spiro atoms. The average Bonchev–Trinajstić information content (AvgIpc) is 2.83. The van der Waals surface area contributed by atoms with Crippen LogP contribution in [0.4, 0.5) is 0 Å². The topological polar surface area (TPSA) is 37.3 Å². The van der Waals surface area contributed by atoms with Crippen molar-refractivity contribution in [3.05, 3.63) is 16.6 Å². The van der Waals surface area contributed by atoms with E-state index < -0.39 is 0 Å². The van der Waals surface area contributed by atoms with Crippen molar-refractivity contribution in [1.29, 1.82) is 0 Å². The van der Waals surface area contributed by atoms with Gasteiger partial charge in [0, 0.05) is 17.3 Å². The minimum absolute atomic E-state index is 0.129. The minimum atomic E-state index is -0.129. The molecule has 0 saturated heterocycles. The highest BCUT2D eigenvalue weighted by Gasteiger charge is 2.26. The van der Waals surface area contributed by atoms with Gasteiger partial charge in [0.05, 0.1) is 11.6 Å². The van der Waals surface area contributed by atoms with E-state index in [2.05, 4.69) is 31.1 Å². The standard InChI is InChI=1S/C12H19N3S2/c1-4-9-5-7-17-11(14-9)15-12(2,3)10-13-6-8-16-10/h6,8-9H,4-5,7H2,1-3H3,(H,14,15). The molecule has 0 aromatic carbocycles. The van der Waals surface area contributed by atoms with Gasteiger partial charge in [0.15, 0.2) is 5.17 Å². The second-order valence-corrected chi connectivity index (χ2v) is 6.70. The smallest absolute Gasteiger partial charge is 0.157 e. The Labute approximate surface area is 111 Å². The first-order chi connectivity index (χ1) is 8.12. The van der Waals surface area contributed by atoms with Gasteiger partial charge in [-0.25, -0.2) is 4.98 Å². The predicted molar refractivity (Wildman–Crippen MR) is 76.9 cm³/mol. The summed E-state index contributed by atoms with van der Waals surface area (Å²) < 4.78 is 0. The summed E-state index contributed by atoms with van der Waals surface area (Å²) in [6.45, 7) is 6.52. The summed E-state index contributed by atoms with van der Waals surface area (Å²) in [4.78, 5) is 9.13. The lowest BCUT2D eigenvalue weighted by molar-refractivity contribution is 0.482. The van der Waals surface area contributed by atoms with Crippen LogP contribution in [0.2, 0.25) is 0 Å². The van der Waals surface area contributed by atoms with Crippen molar-refractivity contribution in [3.8, 4) is 0 Å². The largest absolute Gasteiger partial charge is 0.354 e. The van der Waals surface area contributed by atoms with Gasteiger partial charge in [0.2, 0.25) is 0 Å². The molecule has 1 aromatic rings. The minimum Gasteiger partial charge on any atom is -0.354 e. The Morgan fingerprint density at radius 2 is 2.35 bits per heavy atom. The van der Waals surface area contributed by atoms with Crippen LogP contribution in [0, 0.1) is 0 Å². The number of aromatic nitrogens is 1. The molecule has 0 aliphatic carbocycles. The van der Waals surface area contributed by atoms with Gasteiger partial charge in [-0.05, 0) is 26.7 Å². The zero-order chi connectivity index (χ0) is 12.3. The van der Waals surface area contributed by atoms with Crippen molar-refractivity contribution in [1.82, 2.24) is 10.3 Å². The highest BCUT2D eigenvalue weighted by atomic mass is 32.2. The van der Waals surface area contributed by atoms with Crippen LogP contribution in [0.5, 0.6) is 0 Å². The van der Waals surface area contributed by atoms with Gasteiger partial charge in [0.1, 0.15) is 5.01 Å². The fourth-order valence-electron chi connectivity index (χ4n) is 1.78. The van der Waals surface area contributed by atoms with Crippen LogP contribution in [-0.2, 0) is 5.54 Å². The maximum Gasteiger partial charge on any atom is 0.157 e. The summed E-state index contributed by atoms with van der Waals surface area (Å²) in [5, 5.41) is 7.72. The number of thioether (sulfide) groups is 1. The third-order valence-corrected chi connectivity index (χ3v) is 4.86. The van der Waals surface area contributed by atoms with Crippen LogP contribution in [-0.4, -0.2) is 21.9 Å². The summed E-state index contributed by atoms with van der Waals surface area (Å²) in [6.07, 6.45) is 4.18. The molecule has 1 aromatic heterocycles. The van der Waals surface area contributed by atoms with Gasteiger partial charge in [-0.1, -0.05) is 18.7 Å². The summed E-state index contributed by atoms with van der Waals surface area (Å²) in [5.41, 5.74) is -0.129. The summed E-state index contributed by atoms with van der Waals surface area (Å²) >= 11 is 3.51. The van der Waals surface area contributed by atoms with Gasteiger partial charge < -0.3 is 5.32 Å². The van der Waals surface area contributed by atoms with Crippen molar-refractivity contribution < 1.29 is 0 Å². The van der Waals surface area contributed by atoms with Gasteiger partial charge in [-0.15, -0.1) is 11.3 Å². The third kappa shape index (κ3) is 3.22. The van der Waals surface area contributed by atoms with E-state index in [-0.39, 0.29) is 5.54 Å². The zero-order valence-electron chi connectivity index (χ0n) is 10.6. The monoisotopic (exact) mass is 269 g/mol. The van der Waals surface area contributed by atoms with E-state index in [1.807, 2.05) is 23.3 Å². The van der Waals surface area contributed by atoms with Crippen LogP contribution in [0.3, 0.4) is 0 Å². The third-order valence-electron chi connectivity index (χ3n) is 2.85. The number of aliphatic imine (C=N–C) groups is 1. The lowest BCUT2D eigenvalue weighted by Gasteiger charge is -2.28. The van der Waals surface area contributed by atoms with E-state index in [0.29, 0.717) is 6.04 Å². The number of nitrogens with zero attached hydrogens (tertiary/aromatic N) is 2. The molecule has 0 bridgehead atoms. The molecule has 0 saturated carbocycles. The van der Waals surface area contributed by atoms with E-state index in [1.165, 1.54) is 6.42 Å². The Balaban J connectivity index is 2.07. The first kappa shape index (κ1) is 12.9. The van der Waals surface area contributed by atoms with Crippen molar-refractivity contribution in [3.63, 3.8) is 0 Å². The van der Waals surface area contributed by atoms with E-state index >= 15 is 0 Å². The summed E-state index contributed by atoms with van der Waals surface area (Å²) in [5.74, 6) is 1.16. The van der Waals surface area contributed by atoms with Crippen LogP contribution < -0.4 is 5.32 Å². The number of thiazole rings is 1. The fraction of sp³-hybridized carbons (Fsp3) is 0.667. The highest BCUT2D eigenvalue weighted by molar-refractivity contribution is 8.13. The molecule has 1 unspecified atom stereocenters. The van der Waals surface area contributed by atoms with E-state index in [4.69, 9.17) is 4.99 Å². The van der Waals surface area contributed by atoms with Gasteiger partial charge in [-0.3, -0.25) is 4.99 Å². The quantitative estimate of drug-likeness (QED) is 0.915. The van der Waals surface area contributed by atoms with Crippen LogP contribution in [0.15, 0.2) is 16.6 Å². The second-order valence-electron chi connectivity index (χ2n) is 4.72. The van der Waals surface area contributed by atoms with Gasteiger partial charge in [-0.2, -0.15) is 0 Å². The highest BCUT2D eigenvalue weighted by Crippen LogP contribution is 2.25. The molecule has 1 aliphatic heterocycles. The van der Waals surface area contributed by atoms with Crippen molar-refractivity contribution in [2.75, 3.05) is 5.75 Å². The van der Waals surface area contributed by atoms with E-state index in [0.717, 1.165) is 22.3 Å². The molecule has 0 radical (unpaired) electrons. The Bertz CT molecular complexity index is 384. The Hall–Kier alpha value is -0.550. The predicted octanol–water partition coefficient (Wildman–Crippen LogP) is 3.24. The first-order valence-corrected chi connectivity index (χ1v) is 7.87. The van der Waals surface area contributed by atoms with Crippen LogP contribution in [0.25, 0.3) is 0 Å². The summed E-state index contributed by atoms with van der Waals surface area (Å²) in [6, 6.07) is 0.492. The maximum absolute atomic E-state index is 4.74. The Morgan fingerprint density at radius 1 is 1.53 bits per heavy atom. The number of amidine groups is 1. The lowest BCUT2D eigenvalue weighted by atomic mass is 10.1. The molecule has 0 fully saturated rings. The van der Waals surface area contributed by atoms with Gasteiger partial charge >= 0.3 is 0 Å². The molecular weight excluding hydrogens is 250 g/mol. The zero-order valence-corrected chi connectivity index (χ0v) is 12.2. The molecule has 0 amide bonds. The fourth-order valence-corrected chi connectivity index (χ4v) is 3.63. The molecule has 1 aliphatic rings. The molecule has 3 nitrogen and oxygen atoms in total. The molecule has 17 heavy (non-hydrogen) atoms.